The fraction of sp³-hybridized carbons (Fsp3) is 0.429. The minimum absolute atomic E-state index is 1.16. The first kappa shape index (κ1) is 11.0. The Kier molecular flexibility index (Phi) is 4.45. The molecule has 0 unspecified atom stereocenters. The minimum Gasteiger partial charge on any atom is -0.0991 e. The zero-order valence-electron chi connectivity index (χ0n) is 9.34. The average molecular weight is 188 g/mol. The Morgan fingerprint density at radius 1 is 1.43 bits per heavy atom. The van der Waals surface area contributed by atoms with Gasteiger partial charge >= 0.3 is 0 Å². The third kappa shape index (κ3) is 2.73. The Morgan fingerprint density at radius 3 is 2.71 bits per heavy atom. The van der Waals surface area contributed by atoms with Gasteiger partial charge < -0.3 is 0 Å². The van der Waals surface area contributed by atoms with Gasteiger partial charge in [-0.1, -0.05) is 44.2 Å². The van der Waals surface area contributed by atoms with E-state index in [9.17, 15) is 0 Å². The third-order valence-corrected chi connectivity index (χ3v) is 2.57. The van der Waals surface area contributed by atoms with Crippen molar-refractivity contribution < 1.29 is 0 Å². The Hall–Kier alpha value is -1.04. The SMILES string of the molecule is C=C/C=C(/CCC)C1=CCCC=C1C. The monoisotopic (exact) mass is 188 g/mol. The van der Waals surface area contributed by atoms with E-state index in [0.29, 0.717) is 0 Å². The largest absolute Gasteiger partial charge is 0.0991 e. The van der Waals surface area contributed by atoms with Gasteiger partial charge in [0.2, 0.25) is 0 Å². The molecule has 0 radical (unpaired) electrons. The normalized spacial score (nSPS) is 17.4. The lowest BCUT2D eigenvalue weighted by Crippen LogP contribution is -1.96. The van der Waals surface area contributed by atoms with Crippen LogP contribution in [0.2, 0.25) is 0 Å². The quantitative estimate of drug-likeness (QED) is 0.567. The fourth-order valence-electron chi connectivity index (χ4n) is 1.90. The van der Waals surface area contributed by atoms with E-state index in [0.717, 1.165) is 6.42 Å². The summed E-state index contributed by atoms with van der Waals surface area (Å²) in [5, 5.41) is 0. The molecular formula is C14H20. The van der Waals surface area contributed by atoms with Crippen LogP contribution in [0.25, 0.3) is 0 Å². The van der Waals surface area contributed by atoms with Crippen molar-refractivity contribution >= 4 is 0 Å². The smallest absolute Gasteiger partial charge is 0.0238 e. The predicted molar refractivity (Wildman–Crippen MR) is 64.3 cm³/mol. The molecule has 76 valence electrons. The summed E-state index contributed by atoms with van der Waals surface area (Å²) in [5.74, 6) is 0. The lowest BCUT2D eigenvalue weighted by Gasteiger charge is -2.15. The van der Waals surface area contributed by atoms with Crippen LogP contribution in [-0.4, -0.2) is 0 Å². The molecule has 0 bridgehead atoms. The molecule has 0 aromatic carbocycles. The van der Waals surface area contributed by atoms with Crippen LogP contribution >= 0.6 is 0 Å². The van der Waals surface area contributed by atoms with Crippen LogP contribution in [0.3, 0.4) is 0 Å². The summed E-state index contributed by atoms with van der Waals surface area (Å²) in [6, 6.07) is 0. The zero-order valence-corrected chi connectivity index (χ0v) is 9.34. The molecular weight excluding hydrogens is 168 g/mol. The van der Waals surface area contributed by atoms with E-state index in [1.165, 1.54) is 36.0 Å². The molecule has 0 aliphatic heterocycles. The summed E-state index contributed by atoms with van der Waals surface area (Å²) in [7, 11) is 0. The molecule has 0 atom stereocenters. The van der Waals surface area contributed by atoms with Crippen molar-refractivity contribution in [3.8, 4) is 0 Å². The Labute approximate surface area is 87.7 Å². The molecule has 0 nitrogen and oxygen atoms in total. The van der Waals surface area contributed by atoms with Gasteiger partial charge in [0.05, 0.1) is 0 Å². The predicted octanol–water partition coefficient (Wildman–Crippen LogP) is 4.57. The maximum absolute atomic E-state index is 3.78. The highest BCUT2D eigenvalue weighted by atomic mass is 14.1. The van der Waals surface area contributed by atoms with Crippen LogP contribution in [0.5, 0.6) is 0 Å². The second-order valence-corrected chi connectivity index (χ2v) is 3.76. The van der Waals surface area contributed by atoms with Crippen molar-refractivity contribution in [2.75, 3.05) is 0 Å². The standard InChI is InChI=1S/C14H20/c1-4-8-13(9-5-2)14-11-7-6-10-12(14)3/h4,8,10-11H,1,5-7,9H2,2-3H3/b13-8-. The Morgan fingerprint density at radius 2 is 2.14 bits per heavy atom. The van der Waals surface area contributed by atoms with Crippen LogP contribution in [-0.2, 0) is 0 Å². The van der Waals surface area contributed by atoms with Gasteiger partial charge in [0.25, 0.3) is 0 Å². The first-order valence-electron chi connectivity index (χ1n) is 5.48. The van der Waals surface area contributed by atoms with E-state index in [1.807, 2.05) is 6.08 Å². The number of rotatable bonds is 4. The highest BCUT2D eigenvalue weighted by Gasteiger charge is 2.08. The fourth-order valence-corrected chi connectivity index (χ4v) is 1.90. The van der Waals surface area contributed by atoms with Crippen molar-refractivity contribution in [1.82, 2.24) is 0 Å². The van der Waals surface area contributed by atoms with Crippen LogP contribution in [0.4, 0.5) is 0 Å². The van der Waals surface area contributed by atoms with Gasteiger partial charge in [-0.15, -0.1) is 0 Å². The van der Waals surface area contributed by atoms with Gasteiger partial charge in [-0.2, -0.15) is 0 Å². The summed E-state index contributed by atoms with van der Waals surface area (Å²) < 4.78 is 0. The summed E-state index contributed by atoms with van der Waals surface area (Å²) in [6.07, 6.45) is 13.5. The first-order valence-corrected chi connectivity index (χ1v) is 5.48. The summed E-state index contributed by atoms with van der Waals surface area (Å²) in [4.78, 5) is 0. The van der Waals surface area contributed by atoms with E-state index in [1.54, 1.807) is 0 Å². The van der Waals surface area contributed by atoms with E-state index < -0.39 is 0 Å². The molecule has 0 heterocycles. The van der Waals surface area contributed by atoms with E-state index in [-0.39, 0.29) is 0 Å². The lowest BCUT2D eigenvalue weighted by atomic mass is 9.90. The zero-order chi connectivity index (χ0) is 10.4. The van der Waals surface area contributed by atoms with Gasteiger partial charge in [0, 0.05) is 0 Å². The Bertz CT molecular complexity index is 287. The molecule has 0 amide bonds. The van der Waals surface area contributed by atoms with Gasteiger partial charge in [-0.25, -0.2) is 0 Å². The van der Waals surface area contributed by atoms with Crippen molar-refractivity contribution in [1.29, 1.82) is 0 Å². The molecule has 0 saturated carbocycles. The van der Waals surface area contributed by atoms with Crippen LogP contribution in [0.1, 0.15) is 39.5 Å². The second-order valence-electron chi connectivity index (χ2n) is 3.76. The van der Waals surface area contributed by atoms with Gasteiger partial charge in [0.1, 0.15) is 0 Å². The lowest BCUT2D eigenvalue weighted by molar-refractivity contribution is 0.897. The molecule has 1 aliphatic carbocycles. The van der Waals surface area contributed by atoms with Gasteiger partial charge in [-0.3, -0.25) is 0 Å². The summed E-state index contributed by atoms with van der Waals surface area (Å²) in [5.41, 5.74) is 4.31. The highest BCUT2D eigenvalue weighted by molar-refractivity contribution is 5.48. The Balaban J connectivity index is 2.87. The number of hydrogen-bond donors (Lipinski definition) is 0. The number of hydrogen-bond acceptors (Lipinski definition) is 0. The molecule has 0 saturated heterocycles. The first-order chi connectivity index (χ1) is 6.79. The second kappa shape index (κ2) is 5.64. The van der Waals surface area contributed by atoms with E-state index >= 15 is 0 Å². The molecule has 0 heteroatoms. The molecule has 0 aromatic rings. The van der Waals surface area contributed by atoms with Crippen molar-refractivity contribution in [3.05, 3.63) is 47.6 Å². The van der Waals surface area contributed by atoms with Crippen LogP contribution in [0, 0.1) is 0 Å². The van der Waals surface area contributed by atoms with Crippen LogP contribution < -0.4 is 0 Å². The topological polar surface area (TPSA) is 0 Å². The molecule has 14 heavy (non-hydrogen) atoms. The summed E-state index contributed by atoms with van der Waals surface area (Å²) in [6.45, 7) is 8.21. The maximum Gasteiger partial charge on any atom is -0.0238 e. The molecule has 1 rings (SSSR count). The minimum atomic E-state index is 1.16. The highest BCUT2D eigenvalue weighted by Crippen LogP contribution is 2.27. The van der Waals surface area contributed by atoms with Crippen molar-refractivity contribution in [2.24, 2.45) is 0 Å². The molecule has 0 aromatic heterocycles. The number of allylic oxidation sites excluding steroid dienone is 7. The van der Waals surface area contributed by atoms with E-state index in [2.05, 4.69) is 38.7 Å². The van der Waals surface area contributed by atoms with Crippen LogP contribution in [0.15, 0.2) is 47.6 Å². The van der Waals surface area contributed by atoms with E-state index in [4.69, 9.17) is 0 Å². The maximum atomic E-state index is 3.78. The van der Waals surface area contributed by atoms with Gasteiger partial charge in [0.15, 0.2) is 0 Å². The average Bonchev–Trinajstić information content (AvgIpc) is 2.18. The third-order valence-electron chi connectivity index (χ3n) is 2.57. The molecule has 0 fully saturated rings. The van der Waals surface area contributed by atoms with Crippen molar-refractivity contribution in [3.63, 3.8) is 0 Å². The molecule has 0 N–H and O–H groups in total. The summed E-state index contributed by atoms with van der Waals surface area (Å²) >= 11 is 0. The molecule has 0 spiro atoms. The molecule has 1 aliphatic rings. The van der Waals surface area contributed by atoms with Crippen molar-refractivity contribution in [2.45, 2.75) is 39.5 Å². The van der Waals surface area contributed by atoms with Gasteiger partial charge in [-0.05, 0) is 42.9 Å².